The number of phenolic OH excluding ortho intramolecular Hbond substituents is 2. The molecule has 0 spiro atoms. The van der Waals surface area contributed by atoms with Gasteiger partial charge in [0.2, 0.25) is 0 Å². The third kappa shape index (κ3) is 4.25. The maximum atomic E-state index is 15.4. The molecule has 0 amide bonds. The summed E-state index contributed by atoms with van der Waals surface area (Å²) < 4.78 is 191. The Morgan fingerprint density at radius 2 is 0.889 bits per heavy atom. The minimum absolute atomic E-state index is 0.471. The Hall–Kier alpha value is -3.34. The van der Waals surface area contributed by atoms with E-state index < -0.39 is 105 Å². The second-order valence-corrected chi connectivity index (χ2v) is 7.22. The van der Waals surface area contributed by atoms with E-state index in [-0.39, 0.29) is 0 Å². The summed E-state index contributed by atoms with van der Waals surface area (Å²) in [6.45, 7) is 0. The van der Waals surface area contributed by atoms with Gasteiger partial charge >= 0.3 is 30.4 Å². The Kier molecular flexibility index (Phi) is 6.49. The summed E-state index contributed by atoms with van der Waals surface area (Å²) in [6.07, 6.45) is -19.3. The Labute approximate surface area is 189 Å². The maximum Gasteiger partial charge on any atom is 0.458 e. The number of rotatable bonds is 4. The van der Waals surface area contributed by atoms with E-state index in [1.165, 1.54) is 0 Å². The van der Waals surface area contributed by atoms with Gasteiger partial charge in [-0.05, 0) is 24.3 Å². The van der Waals surface area contributed by atoms with Gasteiger partial charge in [-0.1, -0.05) is 0 Å². The molecule has 0 aliphatic carbocycles. The number of alkyl halides is 14. The van der Waals surface area contributed by atoms with E-state index in [0.29, 0.717) is 0 Å². The molecule has 0 saturated heterocycles. The molecule has 0 aliphatic rings. The lowest BCUT2D eigenvalue weighted by molar-refractivity contribution is -0.315. The lowest BCUT2D eigenvalue weighted by Crippen LogP contribution is -2.51. The normalized spacial score (nSPS) is 15.6. The van der Waals surface area contributed by atoms with Crippen LogP contribution in [0.15, 0.2) is 24.3 Å². The highest BCUT2D eigenvalue weighted by Crippen LogP contribution is 2.60. The van der Waals surface area contributed by atoms with Crippen molar-refractivity contribution in [3.63, 3.8) is 0 Å². The molecule has 4 nitrogen and oxygen atoms in total. The maximum absolute atomic E-state index is 15.4. The molecule has 202 valence electrons. The van der Waals surface area contributed by atoms with Crippen LogP contribution in [0.25, 0.3) is 0 Å². The highest BCUT2D eigenvalue weighted by atomic mass is 19.4. The third-order valence-electron chi connectivity index (χ3n) is 4.86. The van der Waals surface area contributed by atoms with Crippen LogP contribution >= 0.6 is 0 Å². The van der Waals surface area contributed by atoms with Crippen molar-refractivity contribution in [1.82, 2.24) is 0 Å². The molecular weight excluding hydrogens is 542 g/mol. The summed E-state index contributed by atoms with van der Waals surface area (Å²) in [7, 11) is 0. The van der Waals surface area contributed by atoms with Crippen LogP contribution in [0.4, 0.5) is 72.8 Å². The van der Waals surface area contributed by atoms with E-state index in [0.717, 1.165) is 0 Å². The van der Waals surface area contributed by atoms with Gasteiger partial charge in [0.1, 0.15) is 5.75 Å². The number of benzene rings is 2. The number of anilines is 2. The second kappa shape index (κ2) is 8.09. The molecular formula is C18H10F14N2O2. The van der Waals surface area contributed by atoms with Crippen molar-refractivity contribution in [3.05, 3.63) is 46.5 Å². The monoisotopic (exact) mass is 552 g/mol. The van der Waals surface area contributed by atoms with Gasteiger partial charge in [-0.2, -0.15) is 57.1 Å². The molecule has 0 aliphatic heterocycles. The average Bonchev–Trinajstić information content (AvgIpc) is 2.68. The van der Waals surface area contributed by atoms with Crippen LogP contribution in [0.1, 0.15) is 22.3 Å². The fourth-order valence-electron chi connectivity index (χ4n) is 3.02. The molecule has 0 radical (unpaired) electrons. The van der Waals surface area contributed by atoms with Crippen LogP contribution in [0, 0.1) is 0 Å². The molecule has 0 saturated carbocycles. The van der Waals surface area contributed by atoms with Crippen LogP contribution in [0.3, 0.4) is 0 Å². The first kappa shape index (κ1) is 28.9. The molecule has 2 rings (SSSR count). The number of aromatic hydroxyl groups is 2. The standard InChI is InChI=1S/C18H10F14N2O2/c19-13(17(27,28)29,5-1-8(16(24,25)26)12(36)9(33)3-5)14(20,21)6-2-7(11(35)10(34)4-6)15(22,23)18(30,31)32/h1-4,35-36H,33-34H2. The summed E-state index contributed by atoms with van der Waals surface area (Å²) in [5, 5.41) is 18.8. The molecule has 1 unspecified atom stereocenters. The number of hydrogen-bond donors (Lipinski definition) is 4. The first-order chi connectivity index (χ1) is 15.8. The molecule has 0 bridgehead atoms. The average molecular weight is 552 g/mol. The minimum atomic E-state index is -6.89. The predicted octanol–water partition coefficient (Wildman–Crippen LogP) is 6.45. The minimum Gasteiger partial charge on any atom is -0.505 e. The van der Waals surface area contributed by atoms with Gasteiger partial charge < -0.3 is 21.7 Å². The van der Waals surface area contributed by atoms with Crippen LogP contribution in [-0.2, 0) is 23.7 Å². The van der Waals surface area contributed by atoms with Crippen molar-refractivity contribution in [1.29, 1.82) is 0 Å². The van der Waals surface area contributed by atoms with Crippen LogP contribution in [0.5, 0.6) is 11.5 Å². The number of nitrogens with two attached hydrogens (primary N) is 2. The quantitative estimate of drug-likeness (QED) is 0.199. The largest absolute Gasteiger partial charge is 0.505 e. The van der Waals surface area contributed by atoms with Crippen LogP contribution < -0.4 is 11.5 Å². The Bertz CT molecular complexity index is 1170. The van der Waals surface area contributed by atoms with Gasteiger partial charge in [0.25, 0.3) is 5.67 Å². The zero-order valence-corrected chi connectivity index (χ0v) is 16.7. The Balaban J connectivity index is 2.98. The van der Waals surface area contributed by atoms with E-state index in [1.807, 2.05) is 0 Å². The summed E-state index contributed by atoms with van der Waals surface area (Å²) >= 11 is 0. The molecule has 36 heavy (non-hydrogen) atoms. The van der Waals surface area contributed by atoms with Crippen molar-refractivity contribution in [2.75, 3.05) is 11.5 Å². The van der Waals surface area contributed by atoms with Crippen molar-refractivity contribution < 1.29 is 71.7 Å². The van der Waals surface area contributed by atoms with Gasteiger partial charge in [-0.3, -0.25) is 0 Å². The lowest BCUT2D eigenvalue weighted by Gasteiger charge is -2.36. The zero-order chi connectivity index (χ0) is 28.4. The summed E-state index contributed by atoms with van der Waals surface area (Å²) in [5.41, 5.74) is -10.5. The molecule has 18 heteroatoms. The number of halogens is 14. The molecule has 1 atom stereocenters. The van der Waals surface area contributed by atoms with E-state index in [4.69, 9.17) is 11.5 Å². The molecule has 0 fully saturated rings. The topological polar surface area (TPSA) is 92.5 Å². The zero-order valence-electron chi connectivity index (χ0n) is 16.7. The van der Waals surface area contributed by atoms with Gasteiger partial charge in [0.05, 0.1) is 22.5 Å². The first-order valence-electron chi connectivity index (χ1n) is 8.73. The second-order valence-electron chi connectivity index (χ2n) is 7.22. The Morgan fingerprint density at radius 1 is 0.500 bits per heavy atom. The number of nitrogen functional groups attached to an aromatic ring is 2. The number of phenols is 2. The van der Waals surface area contributed by atoms with Gasteiger partial charge in [0, 0.05) is 11.1 Å². The summed E-state index contributed by atoms with van der Waals surface area (Å²) in [4.78, 5) is 0. The fraction of sp³-hybridized carbons (Fsp3) is 0.333. The van der Waals surface area contributed by atoms with Gasteiger partial charge in [0.15, 0.2) is 5.75 Å². The highest BCUT2D eigenvalue weighted by molar-refractivity contribution is 5.63. The molecule has 6 N–H and O–H groups in total. The summed E-state index contributed by atoms with van der Waals surface area (Å²) in [6, 6.07) is -2.89. The first-order valence-corrected chi connectivity index (χ1v) is 8.73. The van der Waals surface area contributed by atoms with Crippen LogP contribution in [-0.4, -0.2) is 22.6 Å². The smallest absolute Gasteiger partial charge is 0.458 e. The van der Waals surface area contributed by atoms with Crippen LogP contribution in [0.2, 0.25) is 0 Å². The number of hydrogen-bond acceptors (Lipinski definition) is 4. The SMILES string of the molecule is Nc1cc(C(F)(C(F)(F)F)C(F)(F)c2cc(N)c(O)c(C(F)(F)C(F)(F)F)c2)cc(C(F)(F)F)c1O. The summed E-state index contributed by atoms with van der Waals surface area (Å²) in [5.74, 6) is -16.7. The van der Waals surface area contributed by atoms with Crippen molar-refractivity contribution >= 4 is 11.4 Å². The molecule has 2 aromatic rings. The molecule has 0 aromatic heterocycles. The van der Waals surface area contributed by atoms with Crippen molar-refractivity contribution in [2.45, 2.75) is 36.0 Å². The van der Waals surface area contributed by atoms with Crippen molar-refractivity contribution in [2.24, 2.45) is 0 Å². The van der Waals surface area contributed by atoms with E-state index in [9.17, 15) is 58.5 Å². The molecule has 0 heterocycles. The Morgan fingerprint density at radius 3 is 1.28 bits per heavy atom. The third-order valence-corrected chi connectivity index (χ3v) is 4.86. The fourth-order valence-corrected chi connectivity index (χ4v) is 3.02. The molecule has 2 aromatic carbocycles. The lowest BCUT2D eigenvalue weighted by atomic mass is 9.82. The van der Waals surface area contributed by atoms with Crippen molar-refractivity contribution in [3.8, 4) is 11.5 Å². The van der Waals surface area contributed by atoms with Gasteiger partial charge in [-0.25, -0.2) is 4.39 Å². The van der Waals surface area contributed by atoms with E-state index in [1.54, 1.807) is 0 Å². The van der Waals surface area contributed by atoms with Gasteiger partial charge in [-0.15, -0.1) is 0 Å². The van der Waals surface area contributed by atoms with E-state index >= 15 is 13.2 Å². The van der Waals surface area contributed by atoms with E-state index in [2.05, 4.69) is 0 Å². The predicted molar refractivity (Wildman–Crippen MR) is 92.7 cm³/mol. The highest BCUT2D eigenvalue weighted by Gasteiger charge is 2.73.